The van der Waals surface area contributed by atoms with Gasteiger partial charge in [-0.25, -0.2) is 0 Å². The van der Waals surface area contributed by atoms with Gasteiger partial charge in [0.15, 0.2) is 11.5 Å². The summed E-state index contributed by atoms with van der Waals surface area (Å²) >= 11 is 9.81. The minimum absolute atomic E-state index is 0.0212. The number of likely N-dealkylation sites (N-methyl/N-ethyl adjacent to an activating group) is 1. The number of hydrogen-bond donors (Lipinski definition) is 1. The maximum Gasteiger partial charge on any atom is 0.266 e. The van der Waals surface area contributed by atoms with E-state index >= 15 is 0 Å². The summed E-state index contributed by atoms with van der Waals surface area (Å²) < 4.78 is 6.31. The second-order valence-electron chi connectivity index (χ2n) is 3.97. The first-order chi connectivity index (χ1) is 9.47. The zero-order chi connectivity index (χ0) is 14.9. The standard InChI is InChI=1S/C13H12BrNO3S2/c1-3-15-12(17)11(20-13(15)19)5-7-4-9(16)10(18-2)6-8(7)14/h4-6,16H,3H2,1-2H3/b11-5-. The number of benzene rings is 1. The third-order valence-corrected chi connectivity index (χ3v) is 4.84. The Labute approximate surface area is 134 Å². The number of aromatic hydroxyl groups is 1. The molecule has 2 rings (SSSR count). The molecule has 0 bridgehead atoms. The van der Waals surface area contributed by atoms with E-state index in [0.29, 0.717) is 27.1 Å². The second-order valence-corrected chi connectivity index (χ2v) is 6.50. The number of thiocarbonyl (C=S) groups is 1. The highest BCUT2D eigenvalue weighted by atomic mass is 79.9. The molecule has 1 aliphatic rings. The van der Waals surface area contributed by atoms with E-state index in [0.717, 1.165) is 4.47 Å². The summed E-state index contributed by atoms with van der Waals surface area (Å²) in [5.74, 6) is 0.285. The molecule has 4 nitrogen and oxygen atoms in total. The van der Waals surface area contributed by atoms with Gasteiger partial charge in [-0.15, -0.1) is 0 Å². The Bertz CT molecular complexity index is 616. The third kappa shape index (κ3) is 2.84. The van der Waals surface area contributed by atoms with Gasteiger partial charge >= 0.3 is 0 Å². The first-order valence-corrected chi connectivity index (χ1v) is 7.81. The first kappa shape index (κ1) is 15.3. The number of phenolic OH excluding ortho intramolecular Hbond substituents is 1. The zero-order valence-corrected chi connectivity index (χ0v) is 14.1. The van der Waals surface area contributed by atoms with Crippen molar-refractivity contribution in [3.63, 3.8) is 0 Å². The molecule has 1 heterocycles. The van der Waals surface area contributed by atoms with E-state index in [-0.39, 0.29) is 11.7 Å². The number of halogens is 1. The molecule has 0 radical (unpaired) electrons. The van der Waals surface area contributed by atoms with E-state index in [4.69, 9.17) is 17.0 Å². The van der Waals surface area contributed by atoms with Crippen LogP contribution >= 0.6 is 39.9 Å². The molecule has 0 atom stereocenters. The minimum atomic E-state index is -0.107. The fraction of sp³-hybridized carbons (Fsp3) is 0.231. The number of methoxy groups -OCH3 is 1. The van der Waals surface area contributed by atoms with Gasteiger partial charge in [-0.1, -0.05) is 39.9 Å². The van der Waals surface area contributed by atoms with Crippen LogP contribution in [0.2, 0.25) is 0 Å². The lowest BCUT2D eigenvalue weighted by Gasteiger charge is -2.09. The van der Waals surface area contributed by atoms with E-state index < -0.39 is 0 Å². The van der Waals surface area contributed by atoms with Crippen LogP contribution in [-0.2, 0) is 4.79 Å². The van der Waals surface area contributed by atoms with Gasteiger partial charge in [-0.2, -0.15) is 0 Å². The van der Waals surface area contributed by atoms with Crippen LogP contribution < -0.4 is 4.74 Å². The van der Waals surface area contributed by atoms with E-state index in [9.17, 15) is 9.90 Å². The number of carbonyl (C=O) groups is 1. The van der Waals surface area contributed by atoms with Gasteiger partial charge in [0.1, 0.15) is 4.32 Å². The van der Waals surface area contributed by atoms with Gasteiger partial charge in [0, 0.05) is 11.0 Å². The molecule has 0 unspecified atom stereocenters. The molecule has 1 N–H and O–H groups in total. The second kappa shape index (κ2) is 6.15. The zero-order valence-electron chi connectivity index (χ0n) is 10.8. The summed E-state index contributed by atoms with van der Waals surface area (Å²) in [7, 11) is 1.48. The molecule has 1 saturated heterocycles. The van der Waals surface area contributed by atoms with Crippen LogP contribution in [0.5, 0.6) is 11.5 Å². The number of hydrogen-bond acceptors (Lipinski definition) is 5. The lowest BCUT2D eigenvalue weighted by Crippen LogP contribution is -2.27. The molecule has 20 heavy (non-hydrogen) atoms. The summed E-state index contributed by atoms with van der Waals surface area (Å²) in [6.45, 7) is 2.43. The lowest BCUT2D eigenvalue weighted by atomic mass is 10.2. The van der Waals surface area contributed by atoms with Crippen molar-refractivity contribution in [2.75, 3.05) is 13.7 Å². The maximum absolute atomic E-state index is 12.1. The van der Waals surface area contributed by atoms with Crippen LogP contribution in [0.1, 0.15) is 12.5 Å². The number of carbonyl (C=O) groups excluding carboxylic acids is 1. The van der Waals surface area contributed by atoms with Crippen molar-refractivity contribution in [1.82, 2.24) is 4.90 Å². The van der Waals surface area contributed by atoms with Gasteiger partial charge in [0.25, 0.3) is 5.91 Å². The normalized spacial score (nSPS) is 17.1. The van der Waals surface area contributed by atoms with Crippen LogP contribution in [0.25, 0.3) is 6.08 Å². The number of ether oxygens (including phenoxy) is 1. The highest BCUT2D eigenvalue weighted by Crippen LogP contribution is 2.37. The molecular weight excluding hydrogens is 362 g/mol. The van der Waals surface area contributed by atoms with E-state index in [1.54, 1.807) is 23.1 Å². The average Bonchev–Trinajstić information content (AvgIpc) is 2.68. The summed E-state index contributed by atoms with van der Waals surface area (Å²) in [4.78, 5) is 14.2. The van der Waals surface area contributed by atoms with Crippen molar-refractivity contribution >= 4 is 56.2 Å². The molecule has 1 aromatic carbocycles. The molecular formula is C13H12BrNO3S2. The summed E-state index contributed by atoms with van der Waals surface area (Å²) in [5, 5.41) is 9.80. The maximum atomic E-state index is 12.1. The molecule has 0 aliphatic carbocycles. The number of amides is 1. The molecule has 0 saturated carbocycles. The topological polar surface area (TPSA) is 49.8 Å². The van der Waals surface area contributed by atoms with Gasteiger partial charge in [0.05, 0.1) is 12.0 Å². The third-order valence-electron chi connectivity index (χ3n) is 2.77. The molecule has 1 amide bonds. The average molecular weight is 374 g/mol. The van der Waals surface area contributed by atoms with E-state index in [1.807, 2.05) is 6.92 Å². The highest BCUT2D eigenvalue weighted by molar-refractivity contribution is 9.10. The Morgan fingerprint density at radius 3 is 2.80 bits per heavy atom. The smallest absolute Gasteiger partial charge is 0.266 e. The molecule has 0 aromatic heterocycles. The first-order valence-electron chi connectivity index (χ1n) is 5.79. The fourth-order valence-corrected chi connectivity index (χ4v) is 3.56. The van der Waals surface area contributed by atoms with E-state index in [1.165, 1.54) is 18.9 Å². The number of rotatable bonds is 3. The van der Waals surface area contributed by atoms with Crippen molar-refractivity contribution in [2.45, 2.75) is 6.92 Å². The van der Waals surface area contributed by atoms with Crippen LogP contribution in [0, 0.1) is 0 Å². The Morgan fingerprint density at radius 1 is 1.55 bits per heavy atom. The largest absolute Gasteiger partial charge is 0.504 e. The molecule has 0 spiro atoms. The fourth-order valence-electron chi connectivity index (χ4n) is 1.75. The van der Waals surface area contributed by atoms with Gasteiger partial charge in [-0.3, -0.25) is 9.69 Å². The highest BCUT2D eigenvalue weighted by Gasteiger charge is 2.30. The molecule has 106 valence electrons. The Hall–Kier alpha value is -1.05. The van der Waals surface area contributed by atoms with Crippen LogP contribution in [0.15, 0.2) is 21.5 Å². The van der Waals surface area contributed by atoms with Crippen molar-refractivity contribution in [2.24, 2.45) is 0 Å². The van der Waals surface area contributed by atoms with Crippen LogP contribution in [-0.4, -0.2) is 33.9 Å². The molecule has 1 fully saturated rings. The SMILES string of the molecule is CCN1C(=O)/C(=C/c2cc(O)c(OC)cc2Br)SC1=S. The summed E-state index contributed by atoms with van der Waals surface area (Å²) in [5.41, 5.74) is 0.694. The Balaban J connectivity index is 2.39. The minimum Gasteiger partial charge on any atom is -0.504 e. The van der Waals surface area contributed by atoms with Crippen LogP contribution in [0.3, 0.4) is 0 Å². The van der Waals surface area contributed by atoms with Crippen molar-refractivity contribution < 1.29 is 14.6 Å². The molecule has 7 heteroatoms. The van der Waals surface area contributed by atoms with Crippen LogP contribution in [0.4, 0.5) is 0 Å². The quantitative estimate of drug-likeness (QED) is 0.649. The van der Waals surface area contributed by atoms with Gasteiger partial charge in [-0.05, 0) is 30.7 Å². The van der Waals surface area contributed by atoms with E-state index in [2.05, 4.69) is 15.9 Å². The Kier molecular flexibility index (Phi) is 4.72. The molecule has 1 aromatic rings. The number of thioether (sulfide) groups is 1. The predicted molar refractivity (Wildman–Crippen MR) is 87.9 cm³/mol. The summed E-state index contributed by atoms with van der Waals surface area (Å²) in [6, 6.07) is 3.20. The number of nitrogens with zero attached hydrogens (tertiary/aromatic N) is 1. The van der Waals surface area contributed by atoms with Crippen molar-refractivity contribution in [1.29, 1.82) is 0 Å². The predicted octanol–water partition coefficient (Wildman–Crippen LogP) is 3.38. The van der Waals surface area contributed by atoms with Gasteiger partial charge < -0.3 is 9.84 Å². The monoisotopic (exact) mass is 373 g/mol. The lowest BCUT2D eigenvalue weighted by molar-refractivity contribution is -0.121. The Morgan fingerprint density at radius 2 is 2.25 bits per heavy atom. The summed E-state index contributed by atoms with van der Waals surface area (Å²) in [6.07, 6.45) is 1.71. The van der Waals surface area contributed by atoms with Crippen molar-refractivity contribution in [3.05, 3.63) is 27.1 Å². The molecule has 1 aliphatic heterocycles. The number of phenols is 1. The van der Waals surface area contributed by atoms with Gasteiger partial charge in [0.2, 0.25) is 0 Å². The van der Waals surface area contributed by atoms with Crippen molar-refractivity contribution in [3.8, 4) is 11.5 Å².